The number of hydrogen-bond acceptors (Lipinski definition) is 3. The zero-order valence-electron chi connectivity index (χ0n) is 17.7. The number of rotatable bonds is 6. The van der Waals surface area contributed by atoms with Gasteiger partial charge in [0.05, 0.1) is 16.7 Å². The van der Waals surface area contributed by atoms with Crippen molar-refractivity contribution in [1.29, 1.82) is 0 Å². The molecular formula is C24H25F2N5O. The molecule has 5 rings (SSSR count). The number of benzene rings is 2. The number of likely N-dealkylation sites (tertiary alicyclic amines) is 1. The van der Waals surface area contributed by atoms with Crippen molar-refractivity contribution in [1.82, 2.24) is 24.6 Å². The molecule has 0 spiro atoms. The second kappa shape index (κ2) is 8.70. The van der Waals surface area contributed by atoms with Gasteiger partial charge in [0, 0.05) is 37.0 Å². The molecule has 1 aliphatic heterocycles. The molecule has 4 aromatic rings. The van der Waals surface area contributed by atoms with Gasteiger partial charge >= 0.3 is 0 Å². The van der Waals surface area contributed by atoms with Crippen LogP contribution in [-0.4, -0.2) is 57.5 Å². The van der Waals surface area contributed by atoms with Gasteiger partial charge in [0.2, 0.25) is 5.78 Å². The molecule has 2 aromatic heterocycles. The fraction of sp³-hybridized carbons (Fsp3) is 0.333. The summed E-state index contributed by atoms with van der Waals surface area (Å²) in [7, 11) is 0. The lowest BCUT2D eigenvalue weighted by Gasteiger charge is -2.28. The highest BCUT2D eigenvalue weighted by Crippen LogP contribution is 2.25. The molecule has 0 radical (unpaired) electrons. The fourth-order valence-corrected chi connectivity index (χ4v) is 4.29. The van der Waals surface area contributed by atoms with Gasteiger partial charge in [0.1, 0.15) is 12.0 Å². The van der Waals surface area contributed by atoms with Gasteiger partial charge in [0.25, 0.3) is 5.91 Å². The first-order chi connectivity index (χ1) is 15.6. The molecule has 32 heavy (non-hydrogen) atoms. The van der Waals surface area contributed by atoms with Gasteiger partial charge in [-0.1, -0.05) is 12.1 Å². The van der Waals surface area contributed by atoms with E-state index < -0.39 is 6.17 Å². The second-order valence-electron chi connectivity index (χ2n) is 8.28. The number of carbonyl (C=O) groups is 1. The Morgan fingerprint density at radius 3 is 2.81 bits per heavy atom. The third kappa shape index (κ3) is 4.10. The van der Waals surface area contributed by atoms with Gasteiger partial charge in [0.15, 0.2) is 0 Å². The first-order valence-corrected chi connectivity index (χ1v) is 11.0. The summed E-state index contributed by atoms with van der Waals surface area (Å²) in [6, 6.07) is 12.0. The van der Waals surface area contributed by atoms with Crippen molar-refractivity contribution in [3.8, 4) is 11.3 Å². The van der Waals surface area contributed by atoms with E-state index >= 15 is 0 Å². The maximum Gasteiger partial charge on any atom is 0.251 e. The minimum Gasteiger partial charge on any atom is -0.352 e. The van der Waals surface area contributed by atoms with Crippen molar-refractivity contribution >= 4 is 22.7 Å². The summed E-state index contributed by atoms with van der Waals surface area (Å²) in [5.74, 6) is 0.151. The molecular weight excluding hydrogens is 412 g/mol. The lowest BCUT2D eigenvalue weighted by molar-refractivity contribution is 0.0950. The molecule has 166 valence electrons. The number of H-pyrrole nitrogens is 1. The van der Waals surface area contributed by atoms with Crippen LogP contribution in [0.4, 0.5) is 8.78 Å². The minimum atomic E-state index is -0.665. The molecule has 6 nitrogen and oxygen atoms in total. The number of hydrogen-bond donors (Lipinski definition) is 2. The number of nitrogens with zero attached hydrogens (tertiary/aromatic N) is 3. The Morgan fingerprint density at radius 2 is 2.00 bits per heavy atom. The highest BCUT2D eigenvalue weighted by Gasteiger charge is 2.18. The summed E-state index contributed by atoms with van der Waals surface area (Å²) >= 11 is 0. The molecule has 0 unspecified atom stereocenters. The number of piperidine rings is 1. The van der Waals surface area contributed by atoms with Crippen LogP contribution in [0.2, 0.25) is 0 Å². The highest BCUT2D eigenvalue weighted by molar-refractivity contribution is 5.98. The van der Waals surface area contributed by atoms with Crippen LogP contribution in [0.15, 0.2) is 48.7 Å². The van der Waals surface area contributed by atoms with Gasteiger partial charge in [-0.15, -0.1) is 0 Å². The third-order valence-electron chi connectivity index (χ3n) is 6.07. The summed E-state index contributed by atoms with van der Waals surface area (Å²) in [5, 5.41) is 2.95. The predicted molar refractivity (Wildman–Crippen MR) is 120 cm³/mol. The van der Waals surface area contributed by atoms with Crippen LogP contribution >= 0.6 is 0 Å². The zero-order valence-corrected chi connectivity index (χ0v) is 17.7. The molecule has 0 atom stereocenters. The van der Waals surface area contributed by atoms with E-state index in [4.69, 9.17) is 0 Å². The lowest BCUT2D eigenvalue weighted by Crippen LogP contribution is -2.36. The number of amides is 1. The van der Waals surface area contributed by atoms with E-state index in [9.17, 15) is 13.6 Å². The third-order valence-corrected chi connectivity index (χ3v) is 6.07. The highest BCUT2D eigenvalue weighted by atomic mass is 19.1. The standard InChI is InChI=1S/C24H25F2N5O/c25-17-8-12-30(13-9-17)11-3-10-27-23(32)16-6-7-22-20(14-16)28-24-29-21(15-31(22)24)18-4-1-2-5-19(18)26/h1-2,4-7,14-15,17H,3,8-13H2,(H,27,32)(H,28,29). The summed E-state index contributed by atoms with van der Waals surface area (Å²) < 4.78 is 29.2. The van der Waals surface area contributed by atoms with Gasteiger partial charge in [-0.05, 0) is 56.1 Å². The Labute approximate surface area is 184 Å². The molecule has 0 saturated carbocycles. The Hall–Kier alpha value is -3.26. The van der Waals surface area contributed by atoms with Crippen molar-refractivity contribution in [2.45, 2.75) is 25.4 Å². The van der Waals surface area contributed by atoms with E-state index in [0.29, 0.717) is 47.5 Å². The van der Waals surface area contributed by atoms with E-state index in [-0.39, 0.29) is 11.7 Å². The number of aromatic nitrogens is 3. The van der Waals surface area contributed by atoms with Gasteiger partial charge in [-0.25, -0.2) is 13.8 Å². The molecule has 2 N–H and O–H groups in total. The number of carbonyl (C=O) groups excluding carboxylic acids is 1. The van der Waals surface area contributed by atoms with Crippen LogP contribution in [0, 0.1) is 5.82 Å². The number of nitrogens with one attached hydrogen (secondary N) is 2. The first kappa shape index (κ1) is 20.6. The number of alkyl halides is 1. The average molecular weight is 437 g/mol. The summed E-state index contributed by atoms with van der Waals surface area (Å²) in [4.78, 5) is 22.5. The van der Waals surface area contributed by atoms with Gasteiger partial charge in [-0.2, -0.15) is 0 Å². The Balaban J connectivity index is 1.24. The SMILES string of the molecule is O=C(NCCCN1CCC(F)CC1)c1ccc2c(c1)nc1[nH]c(-c3ccccc3F)cn12. The van der Waals surface area contributed by atoms with Crippen molar-refractivity contribution in [2.75, 3.05) is 26.2 Å². The normalized spacial score (nSPS) is 15.6. The van der Waals surface area contributed by atoms with Crippen LogP contribution in [0.3, 0.4) is 0 Å². The topological polar surface area (TPSA) is 65.4 Å². The number of aromatic amines is 1. The summed E-state index contributed by atoms with van der Waals surface area (Å²) in [5.41, 5.74) is 3.21. The largest absolute Gasteiger partial charge is 0.352 e. The van der Waals surface area contributed by atoms with E-state index in [1.54, 1.807) is 30.3 Å². The summed E-state index contributed by atoms with van der Waals surface area (Å²) in [6.45, 7) is 3.01. The Bertz CT molecular complexity index is 1260. The molecule has 1 amide bonds. The van der Waals surface area contributed by atoms with Crippen molar-refractivity contribution in [3.05, 3.63) is 60.0 Å². The van der Waals surface area contributed by atoms with Crippen molar-refractivity contribution < 1.29 is 13.6 Å². The molecule has 8 heteroatoms. The molecule has 3 heterocycles. The molecule has 1 saturated heterocycles. The van der Waals surface area contributed by atoms with Crippen LogP contribution in [0.5, 0.6) is 0 Å². The van der Waals surface area contributed by atoms with Crippen LogP contribution in [0.25, 0.3) is 28.1 Å². The summed E-state index contributed by atoms with van der Waals surface area (Å²) in [6.07, 6.45) is 3.19. The maximum atomic E-state index is 14.1. The zero-order chi connectivity index (χ0) is 22.1. The van der Waals surface area contributed by atoms with E-state index in [2.05, 4.69) is 20.2 Å². The van der Waals surface area contributed by atoms with E-state index in [1.165, 1.54) is 6.07 Å². The van der Waals surface area contributed by atoms with E-state index in [0.717, 1.165) is 31.6 Å². The minimum absolute atomic E-state index is 0.141. The number of fused-ring (bicyclic) bond motifs is 3. The number of imidazole rings is 2. The van der Waals surface area contributed by atoms with Crippen LogP contribution in [-0.2, 0) is 0 Å². The molecule has 0 bridgehead atoms. The van der Waals surface area contributed by atoms with Gasteiger partial charge in [-0.3, -0.25) is 9.20 Å². The molecule has 2 aromatic carbocycles. The Kier molecular flexibility index (Phi) is 5.61. The quantitative estimate of drug-likeness (QED) is 0.445. The fourth-order valence-electron chi connectivity index (χ4n) is 4.29. The Morgan fingerprint density at radius 1 is 1.19 bits per heavy atom. The number of halogens is 2. The molecule has 0 aliphatic carbocycles. The van der Waals surface area contributed by atoms with Crippen LogP contribution < -0.4 is 5.32 Å². The maximum absolute atomic E-state index is 14.1. The molecule has 1 fully saturated rings. The monoisotopic (exact) mass is 437 g/mol. The van der Waals surface area contributed by atoms with Crippen LogP contribution in [0.1, 0.15) is 29.6 Å². The lowest BCUT2D eigenvalue weighted by atomic mass is 10.1. The second-order valence-corrected chi connectivity index (χ2v) is 8.28. The van der Waals surface area contributed by atoms with Crippen molar-refractivity contribution in [3.63, 3.8) is 0 Å². The first-order valence-electron chi connectivity index (χ1n) is 11.0. The average Bonchev–Trinajstić information content (AvgIpc) is 3.35. The smallest absolute Gasteiger partial charge is 0.251 e. The van der Waals surface area contributed by atoms with Gasteiger partial charge < -0.3 is 15.2 Å². The van der Waals surface area contributed by atoms with E-state index in [1.807, 2.05) is 16.7 Å². The predicted octanol–water partition coefficient (Wildman–Crippen LogP) is 4.18. The molecule has 1 aliphatic rings. The van der Waals surface area contributed by atoms with Crippen molar-refractivity contribution in [2.24, 2.45) is 0 Å².